The van der Waals surface area contributed by atoms with Gasteiger partial charge < -0.3 is 4.74 Å². The number of rotatable bonds is 8. The molecular formula is C21H19F3N2O3S. The highest BCUT2D eigenvalue weighted by atomic mass is 32.2. The minimum Gasteiger partial charge on any atom is -0.376 e. The van der Waals surface area contributed by atoms with E-state index in [1.54, 1.807) is 12.3 Å². The van der Waals surface area contributed by atoms with Gasteiger partial charge in [-0.3, -0.25) is 9.71 Å². The highest BCUT2D eigenvalue weighted by Gasteiger charge is 2.46. The van der Waals surface area contributed by atoms with Gasteiger partial charge in [0, 0.05) is 17.4 Å². The Morgan fingerprint density at radius 2 is 1.70 bits per heavy atom. The van der Waals surface area contributed by atoms with Gasteiger partial charge in [-0.05, 0) is 41.8 Å². The Kier molecular flexibility index (Phi) is 6.73. The van der Waals surface area contributed by atoms with Gasteiger partial charge in [-0.1, -0.05) is 42.5 Å². The number of alkyl halides is 3. The maximum atomic E-state index is 12.5. The molecule has 0 saturated carbocycles. The predicted molar refractivity (Wildman–Crippen MR) is 108 cm³/mol. The molecule has 9 heteroatoms. The van der Waals surface area contributed by atoms with Crippen molar-refractivity contribution in [2.24, 2.45) is 0 Å². The van der Waals surface area contributed by atoms with E-state index in [0.29, 0.717) is 25.2 Å². The van der Waals surface area contributed by atoms with Gasteiger partial charge in [0.2, 0.25) is 0 Å². The number of sulfonamides is 1. The molecule has 0 aliphatic carbocycles. The lowest BCUT2D eigenvalue weighted by Crippen LogP contribution is -2.29. The van der Waals surface area contributed by atoms with E-state index in [1.165, 1.54) is 22.9 Å². The van der Waals surface area contributed by atoms with Crippen LogP contribution in [0.1, 0.15) is 11.1 Å². The normalized spacial score (nSPS) is 12.0. The second-order valence-corrected chi connectivity index (χ2v) is 8.14. The van der Waals surface area contributed by atoms with Crippen molar-refractivity contribution in [3.63, 3.8) is 0 Å². The van der Waals surface area contributed by atoms with Crippen LogP contribution in [0.5, 0.6) is 0 Å². The maximum Gasteiger partial charge on any atom is 0.516 e. The zero-order valence-corrected chi connectivity index (χ0v) is 16.6. The molecule has 0 amide bonds. The highest BCUT2D eigenvalue weighted by Crippen LogP contribution is 2.25. The third kappa shape index (κ3) is 5.80. The molecule has 0 unspecified atom stereocenters. The first-order chi connectivity index (χ1) is 14.2. The van der Waals surface area contributed by atoms with Gasteiger partial charge in [0.1, 0.15) is 0 Å². The Morgan fingerprint density at radius 3 is 2.37 bits per heavy atom. The number of hydrogen-bond donors (Lipinski definition) is 1. The summed E-state index contributed by atoms with van der Waals surface area (Å²) >= 11 is 0. The fraction of sp³-hybridized carbons (Fsp3) is 0.190. The third-order valence-electron chi connectivity index (χ3n) is 4.20. The molecule has 0 saturated heterocycles. The Labute approximate surface area is 172 Å². The lowest BCUT2D eigenvalue weighted by Gasteiger charge is -2.11. The number of halogens is 3. The van der Waals surface area contributed by atoms with Crippen molar-refractivity contribution in [1.29, 1.82) is 0 Å². The summed E-state index contributed by atoms with van der Waals surface area (Å²) in [6.07, 6.45) is 2.16. The van der Waals surface area contributed by atoms with Crippen LogP contribution in [0.15, 0.2) is 72.9 Å². The Bertz CT molecular complexity index is 1070. The van der Waals surface area contributed by atoms with Crippen molar-refractivity contribution in [2.45, 2.75) is 18.5 Å². The Balaban J connectivity index is 1.50. The van der Waals surface area contributed by atoms with Crippen LogP contribution in [0.4, 0.5) is 18.9 Å². The second-order valence-electron chi connectivity index (χ2n) is 6.47. The van der Waals surface area contributed by atoms with Crippen LogP contribution in [-0.2, 0) is 27.8 Å². The van der Waals surface area contributed by atoms with Crippen molar-refractivity contribution >= 4 is 15.7 Å². The summed E-state index contributed by atoms with van der Waals surface area (Å²) < 4.78 is 67.0. The molecule has 1 heterocycles. The summed E-state index contributed by atoms with van der Waals surface area (Å²) in [4.78, 5) is 4.29. The van der Waals surface area contributed by atoms with Crippen LogP contribution >= 0.6 is 0 Å². The summed E-state index contributed by atoms with van der Waals surface area (Å²) in [5, 5.41) is 0. The van der Waals surface area contributed by atoms with Gasteiger partial charge in [-0.25, -0.2) is 0 Å². The average molecular weight is 436 g/mol. The van der Waals surface area contributed by atoms with Crippen LogP contribution < -0.4 is 4.72 Å². The predicted octanol–water partition coefficient (Wildman–Crippen LogP) is 4.77. The van der Waals surface area contributed by atoms with E-state index in [-0.39, 0.29) is 5.69 Å². The SMILES string of the molecule is O=S(=O)(Nc1cccc(CCOCc2ccc(-c3ccccn3)cc2)c1)C(F)(F)F. The van der Waals surface area contributed by atoms with E-state index in [1.807, 2.05) is 42.5 Å². The summed E-state index contributed by atoms with van der Waals surface area (Å²) in [5.74, 6) is 0. The molecule has 0 aliphatic heterocycles. The molecule has 3 aromatic rings. The number of aromatic nitrogens is 1. The van der Waals surface area contributed by atoms with Gasteiger partial charge in [-0.15, -0.1) is 0 Å². The number of ether oxygens (including phenoxy) is 1. The number of anilines is 1. The Hall–Kier alpha value is -2.91. The van der Waals surface area contributed by atoms with Gasteiger partial charge >= 0.3 is 15.5 Å². The topological polar surface area (TPSA) is 68.3 Å². The molecule has 158 valence electrons. The first-order valence-electron chi connectivity index (χ1n) is 9.01. The minimum absolute atomic E-state index is 0.144. The van der Waals surface area contributed by atoms with E-state index in [0.717, 1.165) is 16.8 Å². The maximum absolute atomic E-state index is 12.5. The number of benzene rings is 2. The van der Waals surface area contributed by atoms with Gasteiger partial charge in [0.15, 0.2) is 0 Å². The Morgan fingerprint density at radius 1 is 0.933 bits per heavy atom. The van der Waals surface area contributed by atoms with Crippen LogP contribution in [0, 0.1) is 0 Å². The molecule has 1 aromatic heterocycles. The molecule has 0 fully saturated rings. The highest BCUT2D eigenvalue weighted by molar-refractivity contribution is 7.93. The smallest absolute Gasteiger partial charge is 0.376 e. The summed E-state index contributed by atoms with van der Waals surface area (Å²) in [6, 6.07) is 19.3. The quantitative estimate of drug-likeness (QED) is 0.517. The minimum atomic E-state index is -5.44. The monoisotopic (exact) mass is 436 g/mol. The molecule has 30 heavy (non-hydrogen) atoms. The van der Waals surface area contributed by atoms with Crippen molar-refractivity contribution < 1.29 is 26.3 Å². The first kappa shape index (κ1) is 21.8. The molecule has 0 aliphatic rings. The molecule has 1 N–H and O–H groups in total. The number of nitrogens with one attached hydrogen (secondary N) is 1. The van der Waals surface area contributed by atoms with Crippen molar-refractivity contribution in [1.82, 2.24) is 4.98 Å². The summed E-state index contributed by atoms with van der Waals surface area (Å²) in [5.41, 5.74) is -2.00. The van der Waals surface area contributed by atoms with Crippen molar-refractivity contribution in [3.8, 4) is 11.3 Å². The number of hydrogen-bond acceptors (Lipinski definition) is 4. The first-order valence-corrected chi connectivity index (χ1v) is 10.5. The van der Waals surface area contributed by atoms with E-state index in [4.69, 9.17) is 4.74 Å². The van der Waals surface area contributed by atoms with Crippen LogP contribution in [0.2, 0.25) is 0 Å². The fourth-order valence-corrected chi connectivity index (χ4v) is 3.24. The lowest BCUT2D eigenvalue weighted by atomic mass is 10.1. The van der Waals surface area contributed by atoms with Crippen molar-refractivity contribution in [3.05, 3.63) is 84.1 Å². The zero-order valence-electron chi connectivity index (χ0n) is 15.8. The van der Waals surface area contributed by atoms with Crippen LogP contribution in [0.25, 0.3) is 11.3 Å². The summed E-state index contributed by atoms with van der Waals surface area (Å²) in [6.45, 7) is 0.709. The number of pyridine rings is 1. The van der Waals surface area contributed by atoms with E-state index in [2.05, 4.69) is 4.98 Å². The lowest BCUT2D eigenvalue weighted by molar-refractivity contribution is -0.0429. The average Bonchev–Trinajstić information content (AvgIpc) is 2.71. The van der Waals surface area contributed by atoms with Gasteiger partial charge in [0.25, 0.3) is 0 Å². The standard InChI is InChI=1S/C21H19F3N2O3S/c22-21(23,24)30(27,28)26-19-5-3-4-16(14-19)11-13-29-15-17-7-9-18(10-8-17)20-6-1-2-12-25-20/h1-10,12,14,26H,11,13,15H2. The van der Waals surface area contributed by atoms with Crippen LogP contribution in [0.3, 0.4) is 0 Å². The van der Waals surface area contributed by atoms with E-state index >= 15 is 0 Å². The molecule has 2 aromatic carbocycles. The van der Waals surface area contributed by atoms with E-state index < -0.39 is 15.5 Å². The third-order valence-corrected chi connectivity index (χ3v) is 5.32. The van der Waals surface area contributed by atoms with Gasteiger partial charge in [0.05, 0.1) is 18.9 Å². The molecule has 0 atom stereocenters. The molecular weight excluding hydrogens is 417 g/mol. The van der Waals surface area contributed by atoms with Crippen molar-refractivity contribution in [2.75, 3.05) is 11.3 Å². The van der Waals surface area contributed by atoms with Gasteiger partial charge in [-0.2, -0.15) is 21.6 Å². The largest absolute Gasteiger partial charge is 0.516 e. The van der Waals surface area contributed by atoms with E-state index in [9.17, 15) is 21.6 Å². The summed E-state index contributed by atoms with van der Waals surface area (Å²) in [7, 11) is -5.44. The molecule has 0 spiro atoms. The second kappa shape index (κ2) is 9.27. The number of nitrogens with zero attached hydrogens (tertiary/aromatic N) is 1. The fourth-order valence-electron chi connectivity index (χ4n) is 2.69. The zero-order chi connectivity index (χ0) is 21.6. The molecule has 0 bridgehead atoms. The molecule has 5 nitrogen and oxygen atoms in total. The molecule has 3 rings (SSSR count). The van der Waals surface area contributed by atoms with Crippen LogP contribution in [-0.4, -0.2) is 25.5 Å². The molecule has 0 radical (unpaired) electrons.